The molecule has 1 aliphatic carbocycles. The summed E-state index contributed by atoms with van der Waals surface area (Å²) < 4.78 is 0. The van der Waals surface area contributed by atoms with Crippen molar-refractivity contribution in [3.63, 3.8) is 0 Å². The highest BCUT2D eigenvalue weighted by molar-refractivity contribution is 6.09. The molecule has 3 aliphatic rings. The van der Waals surface area contributed by atoms with E-state index >= 15 is 0 Å². The van der Waals surface area contributed by atoms with Crippen LogP contribution in [0.5, 0.6) is 0 Å². The zero-order valence-electron chi connectivity index (χ0n) is 14.9. The summed E-state index contributed by atoms with van der Waals surface area (Å²) in [5.41, 5.74) is 2.58. The van der Waals surface area contributed by atoms with Crippen molar-refractivity contribution in [2.75, 3.05) is 18.0 Å². The van der Waals surface area contributed by atoms with Crippen LogP contribution < -0.4 is 10.2 Å². The maximum atomic E-state index is 13.8. The van der Waals surface area contributed by atoms with Crippen LogP contribution in [0.1, 0.15) is 46.7 Å². The summed E-state index contributed by atoms with van der Waals surface area (Å²) in [6, 6.07) is 15.2. The van der Waals surface area contributed by atoms with Crippen LogP contribution in [0.2, 0.25) is 0 Å². The average molecular weight is 360 g/mol. The summed E-state index contributed by atoms with van der Waals surface area (Å²) in [7, 11) is 0. The molecule has 136 valence electrons. The Bertz CT molecular complexity index is 969. The van der Waals surface area contributed by atoms with Crippen LogP contribution in [-0.4, -0.2) is 30.7 Å². The number of ketones is 1. The molecule has 0 spiro atoms. The lowest BCUT2D eigenvalue weighted by atomic mass is 9.78. The first-order valence-electron chi connectivity index (χ1n) is 9.40. The SMILES string of the molecule is O=C1CC(C(=O)N2CC3CCC(=O)c4cccc2c43)(c2ccccc2)CN1. The maximum absolute atomic E-state index is 13.8. The van der Waals surface area contributed by atoms with Crippen molar-refractivity contribution in [3.05, 3.63) is 65.2 Å². The minimum absolute atomic E-state index is 0.0534. The number of rotatable bonds is 2. The Morgan fingerprint density at radius 1 is 1.07 bits per heavy atom. The van der Waals surface area contributed by atoms with Gasteiger partial charge in [-0.25, -0.2) is 0 Å². The summed E-state index contributed by atoms with van der Waals surface area (Å²) in [5.74, 6) is 0.210. The molecule has 27 heavy (non-hydrogen) atoms. The third-order valence-corrected chi connectivity index (χ3v) is 6.24. The molecule has 2 aromatic carbocycles. The van der Waals surface area contributed by atoms with Gasteiger partial charge in [-0.15, -0.1) is 0 Å². The van der Waals surface area contributed by atoms with Crippen LogP contribution in [-0.2, 0) is 15.0 Å². The van der Waals surface area contributed by atoms with Gasteiger partial charge in [0.15, 0.2) is 5.78 Å². The van der Waals surface area contributed by atoms with E-state index in [1.165, 1.54) is 0 Å². The second kappa shape index (κ2) is 5.78. The molecule has 0 saturated carbocycles. The summed E-state index contributed by atoms with van der Waals surface area (Å²) in [6.45, 7) is 0.894. The van der Waals surface area contributed by atoms with E-state index in [0.29, 0.717) is 19.5 Å². The molecule has 2 atom stereocenters. The molecule has 2 unspecified atom stereocenters. The van der Waals surface area contributed by atoms with Crippen molar-refractivity contribution in [1.82, 2.24) is 5.32 Å². The van der Waals surface area contributed by atoms with Gasteiger partial charge in [-0.3, -0.25) is 14.4 Å². The number of anilines is 1. The van der Waals surface area contributed by atoms with Crippen molar-refractivity contribution >= 4 is 23.3 Å². The Labute approximate surface area is 157 Å². The lowest BCUT2D eigenvalue weighted by Crippen LogP contribution is -2.48. The number of carbonyl (C=O) groups is 3. The van der Waals surface area contributed by atoms with Crippen LogP contribution in [0, 0.1) is 0 Å². The Balaban J connectivity index is 1.61. The van der Waals surface area contributed by atoms with E-state index in [0.717, 1.165) is 28.8 Å². The Morgan fingerprint density at radius 2 is 1.89 bits per heavy atom. The number of hydrogen-bond donors (Lipinski definition) is 1. The minimum atomic E-state index is -0.890. The molecular formula is C22H20N2O3. The smallest absolute Gasteiger partial charge is 0.239 e. The predicted octanol–water partition coefficient (Wildman–Crippen LogP) is 2.55. The Kier molecular flexibility index (Phi) is 3.47. The van der Waals surface area contributed by atoms with Gasteiger partial charge >= 0.3 is 0 Å². The lowest BCUT2D eigenvalue weighted by Gasteiger charge is -2.32. The number of nitrogens with one attached hydrogen (secondary N) is 1. The van der Waals surface area contributed by atoms with E-state index < -0.39 is 5.41 Å². The second-order valence-corrected chi connectivity index (χ2v) is 7.71. The topological polar surface area (TPSA) is 66.5 Å². The molecule has 2 aliphatic heterocycles. The molecule has 2 heterocycles. The van der Waals surface area contributed by atoms with Gasteiger partial charge < -0.3 is 10.2 Å². The molecule has 0 radical (unpaired) electrons. The van der Waals surface area contributed by atoms with E-state index in [1.807, 2.05) is 53.4 Å². The first-order chi connectivity index (χ1) is 13.1. The van der Waals surface area contributed by atoms with Crippen molar-refractivity contribution in [3.8, 4) is 0 Å². The van der Waals surface area contributed by atoms with Gasteiger partial charge in [0, 0.05) is 43.1 Å². The van der Waals surface area contributed by atoms with Gasteiger partial charge in [-0.05, 0) is 23.6 Å². The molecule has 2 amide bonds. The van der Waals surface area contributed by atoms with Gasteiger partial charge in [0.1, 0.15) is 5.41 Å². The van der Waals surface area contributed by atoms with E-state index in [1.54, 1.807) is 0 Å². The molecule has 5 nitrogen and oxygen atoms in total. The first kappa shape index (κ1) is 16.2. The molecule has 5 rings (SSSR count). The van der Waals surface area contributed by atoms with Crippen LogP contribution in [0.4, 0.5) is 5.69 Å². The minimum Gasteiger partial charge on any atom is -0.355 e. The monoisotopic (exact) mass is 360 g/mol. The quantitative estimate of drug-likeness (QED) is 0.895. The molecule has 2 aromatic rings. The number of amides is 2. The maximum Gasteiger partial charge on any atom is 0.239 e. The van der Waals surface area contributed by atoms with Crippen LogP contribution in [0.3, 0.4) is 0 Å². The molecule has 0 aromatic heterocycles. The van der Waals surface area contributed by atoms with Crippen LogP contribution in [0.25, 0.3) is 0 Å². The Morgan fingerprint density at radius 3 is 2.63 bits per heavy atom. The zero-order chi connectivity index (χ0) is 18.6. The average Bonchev–Trinajstić information content (AvgIpc) is 3.28. The summed E-state index contributed by atoms with van der Waals surface area (Å²) >= 11 is 0. The largest absolute Gasteiger partial charge is 0.355 e. The van der Waals surface area contributed by atoms with Gasteiger partial charge in [-0.2, -0.15) is 0 Å². The number of nitrogens with zero attached hydrogens (tertiary/aromatic N) is 1. The third kappa shape index (κ3) is 2.27. The third-order valence-electron chi connectivity index (χ3n) is 6.24. The highest BCUT2D eigenvalue weighted by atomic mass is 16.2. The van der Waals surface area contributed by atoms with Crippen LogP contribution >= 0.6 is 0 Å². The molecule has 5 heteroatoms. The van der Waals surface area contributed by atoms with E-state index in [9.17, 15) is 14.4 Å². The number of benzene rings is 2. The lowest BCUT2D eigenvalue weighted by molar-refractivity contribution is -0.126. The zero-order valence-corrected chi connectivity index (χ0v) is 14.9. The highest BCUT2D eigenvalue weighted by Crippen LogP contribution is 2.46. The molecule has 1 fully saturated rings. The van der Waals surface area contributed by atoms with Gasteiger partial charge in [-0.1, -0.05) is 42.5 Å². The van der Waals surface area contributed by atoms with Gasteiger partial charge in [0.2, 0.25) is 11.8 Å². The molecule has 1 N–H and O–H groups in total. The summed E-state index contributed by atoms with van der Waals surface area (Å²) in [4.78, 5) is 40.0. The van der Waals surface area contributed by atoms with Gasteiger partial charge in [0.25, 0.3) is 0 Å². The fourth-order valence-corrected chi connectivity index (χ4v) is 4.88. The van der Waals surface area contributed by atoms with E-state index in [4.69, 9.17) is 0 Å². The van der Waals surface area contributed by atoms with Crippen molar-refractivity contribution in [1.29, 1.82) is 0 Å². The van der Waals surface area contributed by atoms with Crippen LogP contribution in [0.15, 0.2) is 48.5 Å². The van der Waals surface area contributed by atoms with Crippen molar-refractivity contribution in [2.45, 2.75) is 30.6 Å². The normalized spacial score (nSPS) is 26.1. The van der Waals surface area contributed by atoms with E-state index in [-0.39, 0.29) is 29.9 Å². The molecule has 0 bridgehead atoms. The first-order valence-corrected chi connectivity index (χ1v) is 9.40. The number of carbonyl (C=O) groups excluding carboxylic acids is 3. The fraction of sp³-hybridized carbons (Fsp3) is 0.318. The second-order valence-electron chi connectivity index (χ2n) is 7.71. The number of Topliss-reactive ketones (excluding diaryl/α,β-unsaturated/α-hetero) is 1. The summed E-state index contributed by atoms with van der Waals surface area (Å²) in [5, 5.41) is 2.85. The molecule has 1 saturated heterocycles. The standard InChI is InChI=1S/C22H20N2O3/c25-18-10-9-14-12-24(17-8-4-7-16(18)20(14)17)21(27)22(11-19(26)23-13-22)15-5-2-1-3-6-15/h1-8,14H,9-13H2,(H,23,26). The van der Waals surface area contributed by atoms with Crippen molar-refractivity contribution in [2.24, 2.45) is 0 Å². The number of hydrogen-bond acceptors (Lipinski definition) is 3. The summed E-state index contributed by atoms with van der Waals surface area (Å²) in [6.07, 6.45) is 1.47. The predicted molar refractivity (Wildman–Crippen MR) is 101 cm³/mol. The Hall–Kier alpha value is -2.95. The molecular weight excluding hydrogens is 340 g/mol. The van der Waals surface area contributed by atoms with Crippen molar-refractivity contribution < 1.29 is 14.4 Å². The van der Waals surface area contributed by atoms with Gasteiger partial charge in [0.05, 0.1) is 0 Å². The highest BCUT2D eigenvalue weighted by Gasteiger charge is 2.51. The fourth-order valence-electron chi connectivity index (χ4n) is 4.88. The van der Waals surface area contributed by atoms with E-state index in [2.05, 4.69) is 5.32 Å².